The Kier molecular flexibility index (Phi) is 5.70. The summed E-state index contributed by atoms with van der Waals surface area (Å²) < 4.78 is 5.35. The summed E-state index contributed by atoms with van der Waals surface area (Å²) >= 11 is 0. The fourth-order valence-electron chi connectivity index (χ4n) is 2.78. The number of ether oxygens (including phenoxy) is 1. The highest BCUT2D eigenvalue weighted by molar-refractivity contribution is 5.95. The van der Waals surface area contributed by atoms with Gasteiger partial charge in [0, 0.05) is 13.1 Å². The molecule has 6 heteroatoms. The molecule has 1 heterocycles. The quantitative estimate of drug-likeness (QED) is 0.869. The van der Waals surface area contributed by atoms with Gasteiger partial charge in [-0.15, -0.1) is 0 Å². The van der Waals surface area contributed by atoms with Gasteiger partial charge in [-0.2, -0.15) is 0 Å². The summed E-state index contributed by atoms with van der Waals surface area (Å²) in [4.78, 5) is 25.6. The molecule has 1 aromatic carbocycles. The van der Waals surface area contributed by atoms with Gasteiger partial charge < -0.3 is 20.3 Å². The molecule has 2 atom stereocenters. The van der Waals surface area contributed by atoms with Crippen LogP contribution in [0.2, 0.25) is 0 Å². The monoisotopic (exact) mass is 333 g/mol. The third-order valence-corrected chi connectivity index (χ3v) is 4.27. The number of amides is 3. The summed E-state index contributed by atoms with van der Waals surface area (Å²) in [6.45, 7) is 8.31. The lowest BCUT2D eigenvalue weighted by Crippen LogP contribution is -2.43. The molecule has 6 nitrogen and oxygen atoms in total. The third kappa shape index (κ3) is 4.40. The van der Waals surface area contributed by atoms with Gasteiger partial charge in [-0.1, -0.05) is 19.9 Å². The molecule has 2 rings (SSSR count). The lowest BCUT2D eigenvalue weighted by atomic mass is 10.0. The molecule has 2 N–H and O–H groups in total. The largest absolute Gasteiger partial charge is 0.482 e. The number of fused-ring (bicyclic) bond motifs is 1. The Morgan fingerprint density at radius 3 is 2.71 bits per heavy atom. The highest BCUT2D eigenvalue weighted by Crippen LogP contribution is 2.30. The molecule has 0 bridgehead atoms. The van der Waals surface area contributed by atoms with Crippen LogP contribution in [0.4, 0.5) is 10.5 Å². The van der Waals surface area contributed by atoms with E-state index in [0.29, 0.717) is 17.4 Å². The van der Waals surface area contributed by atoms with Crippen molar-refractivity contribution < 1.29 is 14.3 Å². The number of anilines is 1. The van der Waals surface area contributed by atoms with E-state index in [-0.39, 0.29) is 30.6 Å². The van der Waals surface area contributed by atoms with Gasteiger partial charge in [0.1, 0.15) is 5.75 Å². The summed E-state index contributed by atoms with van der Waals surface area (Å²) in [6.07, 6.45) is 0.959. The molecule has 0 aliphatic carbocycles. The second-order valence-corrected chi connectivity index (χ2v) is 6.85. The Labute approximate surface area is 143 Å². The molecule has 1 aliphatic heterocycles. The van der Waals surface area contributed by atoms with E-state index in [1.54, 1.807) is 4.90 Å². The van der Waals surface area contributed by atoms with E-state index in [1.165, 1.54) is 0 Å². The van der Waals surface area contributed by atoms with Crippen LogP contribution in [0, 0.1) is 5.92 Å². The summed E-state index contributed by atoms with van der Waals surface area (Å²) in [5.74, 6) is 1.02. The zero-order valence-electron chi connectivity index (χ0n) is 15.1. The van der Waals surface area contributed by atoms with Crippen LogP contribution in [0.3, 0.4) is 0 Å². The van der Waals surface area contributed by atoms with Gasteiger partial charge in [0.05, 0.1) is 11.7 Å². The highest BCUT2D eigenvalue weighted by atomic mass is 16.5. The lowest BCUT2D eigenvalue weighted by Gasteiger charge is -2.28. The van der Waals surface area contributed by atoms with E-state index in [9.17, 15) is 9.59 Å². The number of nitrogens with zero attached hydrogens (tertiary/aromatic N) is 1. The van der Waals surface area contributed by atoms with Gasteiger partial charge in [-0.05, 0) is 43.9 Å². The Morgan fingerprint density at radius 1 is 1.33 bits per heavy atom. The van der Waals surface area contributed by atoms with Crippen molar-refractivity contribution in [3.05, 3.63) is 23.8 Å². The average molecular weight is 333 g/mol. The number of rotatable bonds is 5. The summed E-state index contributed by atoms with van der Waals surface area (Å²) in [5, 5.41) is 5.79. The third-order valence-electron chi connectivity index (χ3n) is 4.27. The van der Waals surface area contributed by atoms with Crippen molar-refractivity contribution in [1.82, 2.24) is 10.2 Å². The van der Waals surface area contributed by atoms with E-state index in [0.717, 1.165) is 12.0 Å². The van der Waals surface area contributed by atoms with Crippen LogP contribution in [-0.2, 0) is 4.79 Å². The van der Waals surface area contributed by atoms with Gasteiger partial charge in [0.15, 0.2) is 6.61 Å². The van der Waals surface area contributed by atoms with Crippen LogP contribution in [0.25, 0.3) is 0 Å². The predicted octanol–water partition coefficient (Wildman–Crippen LogP) is 3.15. The Bertz CT molecular complexity index is 616. The average Bonchev–Trinajstić information content (AvgIpc) is 2.52. The Hall–Kier alpha value is -2.24. The van der Waals surface area contributed by atoms with Crippen LogP contribution < -0.4 is 15.4 Å². The molecule has 0 saturated heterocycles. The molecule has 1 aliphatic rings. The first kappa shape index (κ1) is 18.1. The topological polar surface area (TPSA) is 70.7 Å². The summed E-state index contributed by atoms with van der Waals surface area (Å²) in [6, 6.07) is 5.46. The van der Waals surface area contributed by atoms with E-state index >= 15 is 0 Å². The molecule has 24 heavy (non-hydrogen) atoms. The number of urea groups is 1. The zero-order chi connectivity index (χ0) is 17.9. The number of hydrogen-bond donors (Lipinski definition) is 2. The summed E-state index contributed by atoms with van der Waals surface area (Å²) in [5.41, 5.74) is 1.56. The number of hydrogen-bond acceptors (Lipinski definition) is 3. The van der Waals surface area contributed by atoms with Crippen LogP contribution in [-0.4, -0.2) is 36.5 Å². The lowest BCUT2D eigenvalue weighted by molar-refractivity contribution is -0.118. The number of carbonyl (C=O) groups excluding carboxylic acids is 2. The first-order chi connectivity index (χ1) is 11.3. The second kappa shape index (κ2) is 7.55. The molecule has 132 valence electrons. The predicted molar refractivity (Wildman–Crippen MR) is 94.2 cm³/mol. The van der Waals surface area contributed by atoms with Crippen LogP contribution >= 0.6 is 0 Å². The maximum absolute atomic E-state index is 12.4. The first-order valence-electron chi connectivity index (χ1n) is 8.37. The Balaban J connectivity index is 2.01. The fourth-order valence-corrected chi connectivity index (χ4v) is 2.78. The molecule has 0 radical (unpaired) electrons. The van der Waals surface area contributed by atoms with Gasteiger partial charge in [0.25, 0.3) is 5.91 Å². The normalized spacial score (nSPS) is 15.8. The second-order valence-electron chi connectivity index (χ2n) is 6.85. The molecular formula is C18H27N3O3. The van der Waals surface area contributed by atoms with Crippen molar-refractivity contribution in [2.75, 3.05) is 19.0 Å². The van der Waals surface area contributed by atoms with Gasteiger partial charge >= 0.3 is 6.03 Å². The Morgan fingerprint density at radius 2 is 2.04 bits per heavy atom. The van der Waals surface area contributed by atoms with Crippen LogP contribution in [0.15, 0.2) is 18.2 Å². The van der Waals surface area contributed by atoms with Crippen LogP contribution in [0.1, 0.15) is 45.7 Å². The number of nitrogens with one attached hydrogen (secondary N) is 2. The van der Waals surface area contributed by atoms with Gasteiger partial charge in [-0.25, -0.2) is 4.79 Å². The minimum absolute atomic E-state index is 0.0389. The number of carbonyl (C=O) groups is 2. The molecule has 0 saturated carbocycles. The minimum Gasteiger partial charge on any atom is -0.482 e. The van der Waals surface area contributed by atoms with Gasteiger partial charge in [0.2, 0.25) is 0 Å². The molecule has 0 unspecified atom stereocenters. The smallest absolute Gasteiger partial charge is 0.317 e. The first-order valence-corrected chi connectivity index (χ1v) is 8.37. The maximum atomic E-state index is 12.4. The van der Waals surface area contributed by atoms with Crippen molar-refractivity contribution in [2.24, 2.45) is 5.92 Å². The zero-order valence-corrected chi connectivity index (χ0v) is 15.1. The van der Waals surface area contributed by atoms with Crippen LogP contribution in [0.5, 0.6) is 5.75 Å². The van der Waals surface area contributed by atoms with Crippen molar-refractivity contribution >= 4 is 17.6 Å². The minimum atomic E-state index is -0.171. The van der Waals surface area contributed by atoms with Crippen molar-refractivity contribution in [3.63, 3.8) is 0 Å². The molecule has 0 spiro atoms. The fraction of sp³-hybridized carbons (Fsp3) is 0.556. The standard InChI is InChI=1S/C18H27N3O3/c1-11(2)8-12(3)21(5)18(23)19-13(4)14-6-7-16-15(9-14)20-17(22)10-24-16/h6-7,9,11-13H,8,10H2,1-5H3,(H,19,23)(H,20,22)/t12-,13-/m0/s1. The molecule has 1 aromatic rings. The van der Waals surface area contributed by atoms with Crippen molar-refractivity contribution in [3.8, 4) is 5.75 Å². The molecule has 3 amide bonds. The molecule has 0 aromatic heterocycles. The highest BCUT2D eigenvalue weighted by Gasteiger charge is 2.21. The number of benzene rings is 1. The molecular weight excluding hydrogens is 306 g/mol. The van der Waals surface area contributed by atoms with E-state index < -0.39 is 0 Å². The van der Waals surface area contributed by atoms with Gasteiger partial charge in [-0.3, -0.25) is 4.79 Å². The van der Waals surface area contributed by atoms with E-state index in [4.69, 9.17) is 4.74 Å². The van der Waals surface area contributed by atoms with E-state index in [2.05, 4.69) is 31.4 Å². The van der Waals surface area contributed by atoms with E-state index in [1.807, 2.05) is 32.2 Å². The summed E-state index contributed by atoms with van der Waals surface area (Å²) in [7, 11) is 1.82. The SMILES string of the molecule is CC(C)C[C@H](C)N(C)C(=O)N[C@@H](C)c1ccc2c(c1)NC(=O)CO2. The van der Waals surface area contributed by atoms with Crippen molar-refractivity contribution in [1.29, 1.82) is 0 Å². The molecule has 0 fully saturated rings. The maximum Gasteiger partial charge on any atom is 0.317 e. The van der Waals surface area contributed by atoms with Crippen molar-refractivity contribution in [2.45, 2.75) is 46.2 Å².